The molecule has 0 rings (SSSR count). The van der Waals surface area contributed by atoms with E-state index in [2.05, 4.69) is 27.7 Å². The van der Waals surface area contributed by atoms with Crippen LogP contribution in [0.3, 0.4) is 0 Å². The maximum atomic E-state index is 9.76. The predicted molar refractivity (Wildman–Crippen MR) is 93.8 cm³/mol. The second-order valence-corrected chi connectivity index (χ2v) is 4.57. The summed E-state index contributed by atoms with van der Waals surface area (Å²) in [5.74, 6) is -6.06. The first-order valence-corrected chi connectivity index (χ1v) is 7.70. The summed E-state index contributed by atoms with van der Waals surface area (Å²) >= 11 is 0. The minimum absolute atomic E-state index is 0. The van der Waals surface area contributed by atoms with Crippen molar-refractivity contribution in [1.29, 1.82) is 0 Å². The van der Waals surface area contributed by atoms with Gasteiger partial charge in [-0.05, 0) is 37.1 Å². The van der Waals surface area contributed by atoms with Crippen LogP contribution in [0.2, 0.25) is 0 Å². The normalized spacial score (nSPS) is 9.56. The Hall–Kier alpha value is -1.84. The van der Waals surface area contributed by atoms with Crippen LogP contribution >= 0.6 is 0 Å². The quantitative estimate of drug-likeness (QED) is 0.298. The van der Waals surface area contributed by atoms with Crippen LogP contribution in [0.4, 0.5) is 0 Å². The zero-order valence-corrected chi connectivity index (χ0v) is 19.0. The largest absolute Gasteiger partial charge is 4.00 e. The van der Waals surface area contributed by atoms with Crippen LogP contribution in [0.15, 0.2) is 23.3 Å². The molecular formula is C18H26O8Sn. The van der Waals surface area contributed by atoms with Crippen molar-refractivity contribution in [2.45, 2.75) is 53.4 Å². The Morgan fingerprint density at radius 1 is 0.704 bits per heavy atom. The van der Waals surface area contributed by atoms with E-state index in [0.717, 1.165) is 26.7 Å². The van der Waals surface area contributed by atoms with E-state index in [4.69, 9.17) is 0 Å². The minimum Gasteiger partial charge on any atom is -0.545 e. The molecule has 0 aromatic carbocycles. The van der Waals surface area contributed by atoms with Crippen LogP contribution in [0.5, 0.6) is 0 Å². The molecule has 0 aromatic heterocycles. The topological polar surface area (TPSA) is 161 Å². The Bertz CT molecular complexity index is 434. The summed E-state index contributed by atoms with van der Waals surface area (Å²) in [4.78, 5) is 38.8. The van der Waals surface area contributed by atoms with E-state index in [-0.39, 0.29) is 35.1 Å². The van der Waals surface area contributed by atoms with Crippen molar-refractivity contribution in [1.82, 2.24) is 0 Å². The molecule has 0 saturated heterocycles. The maximum absolute atomic E-state index is 9.76. The average Bonchev–Trinajstić information content (AvgIpc) is 2.54. The number of carbonyl (C=O) groups is 4. The zero-order chi connectivity index (χ0) is 21.7. The third kappa shape index (κ3) is 45.4. The van der Waals surface area contributed by atoms with E-state index >= 15 is 0 Å². The molecule has 0 unspecified atom stereocenters. The molecule has 0 aliphatic heterocycles. The Balaban J connectivity index is -0.0000000843. The second-order valence-electron chi connectivity index (χ2n) is 4.57. The molecule has 0 aromatic rings. The van der Waals surface area contributed by atoms with E-state index in [9.17, 15) is 39.6 Å². The van der Waals surface area contributed by atoms with Gasteiger partial charge in [-0.25, -0.2) is 0 Å². The van der Waals surface area contributed by atoms with Gasteiger partial charge in [0.15, 0.2) is 0 Å². The van der Waals surface area contributed by atoms with Gasteiger partial charge in [0.1, 0.15) is 0 Å². The van der Waals surface area contributed by atoms with Crippen molar-refractivity contribution < 1.29 is 39.6 Å². The van der Waals surface area contributed by atoms with Gasteiger partial charge in [-0.2, -0.15) is 0 Å². The first-order valence-electron chi connectivity index (χ1n) is 7.70. The first-order chi connectivity index (χ1) is 11.9. The molecule has 0 spiro atoms. The van der Waals surface area contributed by atoms with E-state index < -0.39 is 23.9 Å². The third-order valence-electron chi connectivity index (χ3n) is 2.02. The number of carbonyl (C=O) groups excluding carboxylic acids is 4. The standard InChI is InChI=1S/2C5H6O4.2C4H9.Sn/c2*1-3(5(8)9)2-4(6)7;2*1-3-4-2;/h2*2H,1H3,(H,6,7)(H,8,9);2*1,3-4H2,2H3;/q;;;;+4/p-4/b2*3-2-;;;. The molecule has 0 saturated carbocycles. The van der Waals surface area contributed by atoms with Gasteiger partial charge in [-0.3, -0.25) is 0 Å². The van der Waals surface area contributed by atoms with Crippen LogP contribution in [0.1, 0.15) is 53.4 Å². The number of aliphatic carboxylic acids is 4. The van der Waals surface area contributed by atoms with Crippen molar-refractivity contribution in [3.8, 4) is 0 Å². The molecule has 150 valence electrons. The van der Waals surface area contributed by atoms with Crippen molar-refractivity contribution >= 4 is 47.8 Å². The Labute approximate surface area is 177 Å². The monoisotopic (exact) mass is 490 g/mol. The maximum Gasteiger partial charge on any atom is 4.00 e. The van der Waals surface area contributed by atoms with Crippen LogP contribution in [-0.2, 0) is 19.2 Å². The molecule has 0 fully saturated rings. The van der Waals surface area contributed by atoms with Crippen molar-refractivity contribution in [3.63, 3.8) is 0 Å². The molecule has 0 amide bonds. The predicted octanol–water partition coefficient (Wildman–Crippen LogP) is -2.27. The van der Waals surface area contributed by atoms with Gasteiger partial charge in [0.05, 0.1) is 23.9 Å². The van der Waals surface area contributed by atoms with E-state index in [1.54, 1.807) is 0 Å². The number of unbranched alkanes of at least 4 members (excludes halogenated alkanes) is 2. The summed E-state index contributed by atoms with van der Waals surface area (Å²) < 4.78 is 0. The molecule has 0 bridgehead atoms. The zero-order valence-electron chi connectivity index (χ0n) is 16.2. The number of hydrogen-bond acceptors (Lipinski definition) is 8. The molecule has 8 nitrogen and oxygen atoms in total. The van der Waals surface area contributed by atoms with Crippen molar-refractivity contribution in [2.75, 3.05) is 0 Å². The number of carboxylic acids is 4. The van der Waals surface area contributed by atoms with Gasteiger partial charge in [0.25, 0.3) is 0 Å². The summed E-state index contributed by atoms with van der Waals surface area (Å²) in [6.07, 6.45) is 5.49. The fraction of sp³-hybridized carbons (Fsp3) is 0.444. The van der Waals surface area contributed by atoms with Gasteiger partial charge < -0.3 is 39.6 Å². The van der Waals surface area contributed by atoms with Gasteiger partial charge in [-0.15, -0.1) is 0 Å². The molecule has 2 radical (unpaired) electrons. The summed E-state index contributed by atoms with van der Waals surface area (Å²) in [6.45, 7) is 13.7. The fourth-order valence-electron chi connectivity index (χ4n) is 0.471. The molecule has 27 heavy (non-hydrogen) atoms. The molecule has 0 N–H and O–H groups in total. The van der Waals surface area contributed by atoms with Crippen molar-refractivity contribution in [2.24, 2.45) is 0 Å². The molecule has 0 heterocycles. The Morgan fingerprint density at radius 2 is 0.889 bits per heavy atom. The summed E-state index contributed by atoms with van der Waals surface area (Å²) in [5.41, 5.74) is -0.704. The summed E-state index contributed by atoms with van der Waals surface area (Å²) in [7, 11) is 0. The van der Waals surface area contributed by atoms with Crippen LogP contribution < -0.4 is 20.4 Å². The first kappa shape index (κ1) is 36.1. The van der Waals surface area contributed by atoms with Gasteiger partial charge in [0, 0.05) is 0 Å². The average molecular weight is 489 g/mol. The summed E-state index contributed by atoms with van der Waals surface area (Å²) in [6, 6.07) is 0. The summed E-state index contributed by atoms with van der Waals surface area (Å²) in [5, 5.41) is 38.8. The fourth-order valence-corrected chi connectivity index (χ4v) is 0.471. The number of carboxylic acid groups (broad SMARTS) is 4. The van der Waals surface area contributed by atoms with E-state index in [1.807, 2.05) is 0 Å². The number of rotatable bonds is 6. The van der Waals surface area contributed by atoms with E-state index in [1.165, 1.54) is 12.8 Å². The Kier molecular flexibility index (Phi) is 35.3. The van der Waals surface area contributed by atoms with Crippen LogP contribution in [0, 0.1) is 13.8 Å². The van der Waals surface area contributed by atoms with Crippen LogP contribution in [-0.4, -0.2) is 47.8 Å². The van der Waals surface area contributed by atoms with Gasteiger partial charge in [0.2, 0.25) is 0 Å². The van der Waals surface area contributed by atoms with Gasteiger partial charge >= 0.3 is 23.9 Å². The SMILES string of the molecule is C/C(=C/C(=O)[O-])C(=O)[O-].C/C(=C/C(=O)[O-])C(=O)[O-].[CH2]CCC.[CH2]CCC.[Sn+4]. The van der Waals surface area contributed by atoms with Crippen LogP contribution in [0.25, 0.3) is 0 Å². The molecular weight excluding hydrogens is 463 g/mol. The third-order valence-corrected chi connectivity index (χ3v) is 2.02. The Morgan fingerprint density at radius 3 is 0.926 bits per heavy atom. The molecule has 0 aliphatic carbocycles. The smallest absolute Gasteiger partial charge is 0.545 e. The van der Waals surface area contributed by atoms with Gasteiger partial charge in [-0.1, -0.05) is 53.4 Å². The second kappa shape index (κ2) is 26.4. The molecule has 0 aliphatic rings. The molecule has 9 heteroatoms. The van der Waals surface area contributed by atoms with E-state index in [0.29, 0.717) is 12.2 Å². The van der Waals surface area contributed by atoms with Crippen molar-refractivity contribution in [3.05, 3.63) is 37.1 Å². The molecule has 0 atom stereocenters. The minimum atomic E-state index is -1.53. The number of hydrogen-bond donors (Lipinski definition) is 0.